The lowest BCUT2D eigenvalue weighted by atomic mass is 9.93. The first-order chi connectivity index (χ1) is 8.57. The molecule has 1 atom stereocenters. The van der Waals surface area contributed by atoms with Gasteiger partial charge in [0.2, 0.25) is 0 Å². The lowest BCUT2D eigenvalue weighted by molar-refractivity contribution is -0.00576. The molecule has 1 unspecified atom stereocenters. The summed E-state index contributed by atoms with van der Waals surface area (Å²) in [6.07, 6.45) is 2.72. The van der Waals surface area contributed by atoms with E-state index in [2.05, 4.69) is 17.0 Å². The van der Waals surface area contributed by atoms with Crippen LogP contribution in [0.1, 0.15) is 37.8 Å². The highest BCUT2D eigenvalue weighted by Crippen LogP contribution is 2.22. The molecule has 100 valence electrons. The Labute approximate surface area is 110 Å². The SMILES string of the molecule is CC1(O)CCN(CCC(N)c2ccccc2)CC1. The third-order valence-electron chi connectivity index (χ3n) is 3.92. The number of likely N-dealkylation sites (tertiary alicyclic amines) is 1. The highest BCUT2D eigenvalue weighted by atomic mass is 16.3. The molecule has 18 heavy (non-hydrogen) atoms. The lowest BCUT2D eigenvalue weighted by Crippen LogP contribution is -2.43. The maximum Gasteiger partial charge on any atom is 0.0644 e. The Morgan fingerprint density at radius 2 is 1.89 bits per heavy atom. The van der Waals surface area contributed by atoms with Gasteiger partial charge in [-0.2, -0.15) is 0 Å². The first-order valence-electron chi connectivity index (χ1n) is 6.82. The largest absolute Gasteiger partial charge is 0.390 e. The maximum atomic E-state index is 9.90. The van der Waals surface area contributed by atoms with Gasteiger partial charge in [0.15, 0.2) is 0 Å². The maximum absolute atomic E-state index is 9.90. The summed E-state index contributed by atoms with van der Waals surface area (Å²) >= 11 is 0. The molecule has 0 saturated carbocycles. The molecule has 1 heterocycles. The second-order valence-electron chi connectivity index (χ2n) is 5.64. The molecule has 1 fully saturated rings. The smallest absolute Gasteiger partial charge is 0.0644 e. The van der Waals surface area contributed by atoms with Crippen LogP contribution in [0.2, 0.25) is 0 Å². The molecule has 0 aliphatic carbocycles. The summed E-state index contributed by atoms with van der Waals surface area (Å²) in [6, 6.07) is 10.4. The van der Waals surface area contributed by atoms with E-state index in [-0.39, 0.29) is 6.04 Å². The van der Waals surface area contributed by atoms with Gasteiger partial charge in [-0.15, -0.1) is 0 Å². The van der Waals surface area contributed by atoms with Gasteiger partial charge in [-0.05, 0) is 38.3 Å². The Balaban J connectivity index is 1.76. The molecule has 0 bridgehead atoms. The molecule has 3 N–H and O–H groups in total. The number of benzene rings is 1. The van der Waals surface area contributed by atoms with E-state index in [4.69, 9.17) is 5.73 Å². The van der Waals surface area contributed by atoms with Crippen molar-refractivity contribution in [3.63, 3.8) is 0 Å². The van der Waals surface area contributed by atoms with Crippen molar-refractivity contribution in [2.45, 2.75) is 37.8 Å². The lowest BCUT2D eigenvalue weighted by Gasteiger charge is -2.36. The normalized spacial score (nSPS) is 21.7. The fourth-order valence-corrected chi connectivity index (χ4v) is 2.45. The van der Waals surface area contributed by atoms with Crippen LogP contribution in [0, 0.1) is 0 Å². The third-order valence-corrected chi connectivity index (χ3v) is 3.92. The molecule has 0 spiro atoms. The average Bonchev–Trinajstić information content (AvgIpc) is 2.38. The minimum atomic E-state index is -0.460. The van der Waals surface area contributed by atoms with E-state index in [0.717, 1.165) is 38.9 Å². The molecule has 3 heteroatoms. The minimum absolute atomic E-state index is 0.119. The van der Waals surface area contributed by atoms with E-state index >= 15 is 0 Å². The molecule has 1 saturated heterocycles. The fourth-order valence-electron chi connectivity index (χ4n) is 2.45. The summed E-state index contributed by atoms with van der Waals surface area (Å²) in [4.78, 5) is 2.40. The summed E-state index contributed by atoms with van der Waals surface area (Å²) < 4.78 is 0. The Hall–Kier alpha value is -0.900. The van der Waals surface area contributed by atoms with Crippen LogP contribution < -0.4 is 5.73 Å². The Morgan fingerprint density at radius 3 is 2.50 bits per heavy atom. The van der Waals surface area contributed by atoms with Crippen molar-refractivity contribution in [1.82, 2.24) is 4.90 Å². The van der Waals surface area contributed by atoms with Gasteiger partial charge in [0.25, 0.3) is 0 Å². The van der Waals surface area contributed by atoms with Crippen LogP contribution in [-0.2, 0) is 0 Å². The number of hydrogen-bond acceptors (Lipinski definition) is 3. The van der Waals surface area contributed by atoms with Gasteiger partial charge in [-0.1, -0.05) is 30.3 Å². The van der Waals surface area contributed by atoms with Crippen molar-refractivity contribution >= 4 is 0 Å². The fraction of sp³-hybridized carbons (Fsp3) is 0.600. The van der Waals surface area contributed by atoms with Crippen LogP contribution in [0.25, 0.3) is 0 Å². The van der Waals surface area contributed by atoms with E-state index in [0.29, 0.717) is 0 Å². The van der Waals surface area contributed by atoms with Crippen molar-refractivity contribution in [3.05, 3.63) is 35.9 Å². The molecular formula is C15H24N2O. The highest BCUT2D eigenvalue weighted by Gasteiger charge is 2.27. The molecule has 0 aromatic heterocycles. The molecule has 1 aliphatic rings. The van der Waals surface area contributed by atoms with Crippen LogP contribution in [0.5, 0.6) is 0 Å². The van der Waals surface area contributed by atoms with Gasteiger partial charge in [0.1, 0.15) is 0 Å². The molecule has 2 rings (SSSR count). The zero-order valence-electron chi connectivity index (χ0n) is 11.2. The van der Waals surface area contributed by atoms with E-state index < -0.39 is 5.60 Å². The summed E-state index contributed by atoms with van der Waals surface area (Å²) in [7, 11) is 0. The van der Waals surface area contributed by atoms with Crippen molar-refractivity contribution in [3.8, 4) is 0 Å². The first-order valence-corrected chi connectivity index (χ1v) is 6.82. The van der Waals surface area contributed by atoms with Gasteiger partial charge in [-0.3, -0.25) is 0 Å². The molecule has 0 amide bonds. The number of hydrogen-bond donors (Lipinski definition) is 2. The minimum Gasteiger partial charge on any atom is -0.390 e. The molecule has 3 nitrogen and oxygen atoms in total. The van der Waals surface area contributed by atoms with Gasteiger partial charge in [0.05, 0.1) is 5.60 Å². The van der Waals surface area contributed by atoms with Crippen LogP contribution in [0.15, 0.2) is 30.3 Å². The highest BCUT2D eigenvalue weighted by molar-refractivity contribution is 5.18. The van der Waals surface area contributed by atoms with Crippen LogP contribution in [0.3, 0.4) is 0 Å². The topological polar surface area (TPSA) is 49.5 Å². The monoisotopic (exact) mass is 248 g/mol. The van der Waals surface area contributed by atoms with E-state index in [1.54, 1.807) is 0 Å². The summed E-state index contributed by atoms with van der Waals surface area (Å²) in [5.74, 6) is 0. The van der Waals surface area contributed by atoms with E-state index in [1.165, 1.54) is 5.56 Å². The first kappa shape index (κ1) is 13.5. The average molecular weight is 248 g/mol. The zero-order valence-corrected chi connectivity index (χ0v) is 11.2. The zero-order chi connectivity index (χ0) is 13.0. The van der Waals surface area contributed by atoms with Crippen LogP contribution >= 0.6 is 0 Å². The van der Waals surface area contributed by atoms with Crippen molar-refractivity contribution in [2.24, 2.45) is 5.73 Å². The predicted molar refractivity (Wildman–Crippen MR) is 74.3 cm³/mol. The quantitative estimate of drug-likeness (QED) is 0.856. The molecule has 1 aliphatic heterocycles. The summed E-state index contributed by atoms with van der Waals surface area (Å²) in [6.45, 7) is 4.91. The Bertz CT molecular complexity index is 354. The van der Waals surface area contributed by atoms with Crippen LogP contribution in [-0.4, -0.2) is 35.2 Å². The molecule has 0 radical (unpaired) electrons. The predicted octanol–water partition coefficient (Wildman–Crippen LogP) is 1.92. The second kappa shape index (κ2) is 5.83. The number of rotatable bonds is 4. The Kier molecular flexibility index (Phi) is 4.38. The summed E-state index contributed by atoms with van der Waals surface area (Å²) in [5.41, 5.74) is 6.94. The van der Waals surface area contributed by atoms with Crippen LogP contribution in [0.4, 0.5) is 0 Å². The second-order valence-corrected chi connectivity index (χ2v) is 5.64. The van der Waals surface area contributed by atoms with Crippen molar-refractivity contribution < 1.29 is 5.11 Å². The number of aliphatic hydroxyl groups is 1. The number of piperidine rings is 1. The van der Waals surface area contributed by atoms with E-state index in [9.17, 15) is 5.11 Å². The molecule has 1 aromatic carbocycles. The van der Waals surface area contributed by atoms with Crippen molar-refractivity contribution in [1.29, 1.82) is 0 Å². The van der Waals surface area contributed by atoms with Crippen molar-refractivity contribution in [2.75, 3.05) is 19.6 Å². The van der Waals surface area contributed by atoms with E-state index in [1.807, 2.05) is 25.1 Å². The summed E-state index contributed by atoms with van der Waals surface area (Å²) in [5, 5.41) is 9.90. The van der Waals surface area contributed by atoms with Gasteiger partial charge in [0, 0.05) is 19.1 Å². The third kappa shape index (κ3) is 3.80. The Morgan fingerprint density at radius 1 is 1.28 bits per heavy atom. The molecular weight excluding hydrogens is 224 g/mol. The van der Waals surface area contributed by atoms with Gasteiger partial charge >= 0.3 is 0 Å². The number of nitrogens with zero attached hydrogens (tertiary/aromatic N) is 1. The van der Waals surface area contributed by atoms with Gasteiger partial charge in [-0.25, -0.2) is 0 Å². The molecule has 1 aromatic rings. The standard InChI is InChI=1S/C15H24N2O/c1-15(18)8-11-17(12-9-15)10-7-14(16)13-5-3-2-4-6-13/h2-6,14,18H,7-12,16H2,1H3. The van der Waals surface area contributed by atoms with Gasteiger partial charge < -0.3 is 15.7 Å². The number of nitrogens with two attached hydrogens (primary N) is 1.